The van der Waals surface area contributed by atoms with Gasteiger partial charge in [0.2, 0.25) is 0 Å². The summed E-state index contributed by atoms with van der Waals surface area (Å²) in [6, 6.07) is 9.04. The number of carbonyl (C=O) groups is 1. The van der Waals surface area contributed by atoms with Crippen molar-refractivity contribution in [1.82, 2.24) is 0 Å². The normalized spacial score (nSPS) is 12.5. The van der Waals surface area contributed by atoms with Gasteiger partial charge in [0, 0.05) is 12.2 Å². The van der Waals surface area contributed by atoms with E-state index >= 15 is 0 Å². The number of aliphatic carboxylic acids is 1. The highest BCUT2D eigenvalue weighted by atomic mass is 16.4. The van der Waals surface area contributed by atoms with Crippen molar-refractivity contribution in [2.24, 2.45) is 11.3 Å². The van der Waals surface area contributed by atoms with Gasteiger partial charge in [0.1, 0.15) is 0 Å². The molecule has 0 heterocycles. The number of carboxylic acid groups (broad SMARTS) is 1. The van der Waals surface area contributed by atoms with Gasteiger partial charge in [-0.15, -0.1) is 0 Å². The van der Waals surface area contributed by atoms with Gasteiger partial charge < -0.3 is 10.4 Å². The first-order chi connectivity index (χ1) is 8.81. The SMILES string of the molecule is CC(C)(C)CC(CNc1ccc(C#N)cc1)C(=O)O. The van der Waals surface area contributed by atoms with Crippen LogP contribution in [0.3, 0.4) is 0 Å². The Morgan fingerprint density at radius 3 is 2.37 bits per heavy atom. The van der Waals surface area contributed by atoms with Gasteiger partial charge >= 0.3 is 5.97 Å². The van der Waals surface area contributed by atoms with Crippen LogP contribution in [0, 0.1) is 22.7 Å². The van der Waals surface area contributed by atoms with Gasteiger partial charge in [-0.2, -0.15) is 5.26 Å². The second-order valence-corrected chi connectivity index (χ2v) is 5.87. The van der Waals surface area contributed by atoms with Crippen molar-refractivity contribution in [1.29, 1.82) is 5.26 Å². The summed E-state index contributed by atoms with van der Waals surface area (Å²) >= 11 is 0. The van der Waals surface area contributed by atoms with Gasteiger partial charge in [0.15, 0.2) is 0 Å². The Balaban J connectivity index is 2.61. The van der Waals surface area contributed by atoms with Crippen LogP contribution in [0.15, 0.2) is 24.3 Å². The third kappa shape index (κ3) is 5.43. The van der Waals surface area contributed by atoms with E-state index in [1.807, 2.05) is 26.8 Å². The van der Waals surface area contributed by atoms with Crippen molar-refractivity contribution in [2.45, 2.75) is 27.2 Å². The minimum atomic E-state index is -0.781. The molecule has 1 aromatic carbocycles. The largest absolute Gasteiger partial charge is 0.481 e. The molecule has 0 saturated heterocycles. The number of anilines is 1. The van der Waals surface area contributed by atoms with Crippen LogP contribution in [0.5, 0.6) is 0 Å². The van der Waals surface area contributed by atoms with Gasteiger partial charge in [-0.05, 0) is 36.1 Å². The lowest BCUT2D eigenvalue weighted by Crippen LogP contribution is -2.27. The van der Waals surface area contributed by atoms with Crippen LogP contribution in [0.1, 0.15) is 32.8 Å². The van der Waals surface area contributed by atoms with E-state index in [1.54, 1.807) is 24.3 Å². The van der Waals surface area contributed by atoms with Gasteiger partial charge in [0.25, 0.3) is 0 Å². The van der Waals surface area contributed by atoms with Crippen molar-refractivity contribution in [3.63, 3.8) is 0 Å². The number of hydrogen-bond donors (Lipinski definition) is 2. The molecule has 1 atom stereocenters. The summed E-state index contributed by atoms with van der Waals surface area (Å²) in [7, 11) is 0. The summed E-state index contributed by atoms with van der Waals surface area (Å²) < 4.78 is 0. The molecule has 0 bridgehead atoms. The number of hydrogen-bond acceptors (Lipinski definition) is 3. The summed E-state index contributed by atoms with van der Waals surface area (Å²) in [5, 5.41) is 21.0. The van der Waals surface area contributed by atoms with Crippen LogP contribution in [-0.2, 0) is 4.79 Å². The summed E-state index contributed by atoms with van der Waals surface area (Å²) in [6.45, 7) is 6.48. The minimum Gasteiger partial charge on any atom is -0.481 e. The van der Waals surface area contributed by atoms with Gasteiger partial charge in [-0.25, -0.2) is 0 Å². The first-order valence-corrected chi connectivity index (χ1v) is 6.28. The van der Waals surface area contributed by atoms with Crippen LogP contribution in [0.4, 0.5) is 5.69 Å². The van der Waals surface area contributed by atoms with Crippen LogP contribution < -0.4 is 5.32 Å². The molecule has 0 fully saturated rings. The van der Waals surface area contributed by atoms with Crippen molar-refractivity contribution in [3.8, 4) is 6.07 Å². The molecule has 19 heavy (non-hydrogen) atoms. The fraction of sp³-hybridized carbons (Fsp3) is 0.467. The average molecular weight is 260 g/mol. The van der Waals surface area contributed by atoms with E-state index in [1.165, 1.54) is 0 Å². The van der Waals surface area contributed by atoms with E-state index in [-0.39, 0.29) is 5.41 Å². The van der Waals surface area contributed by atoms with Crippen molar-refractivity contribution < 1.29 is 9.90 Å². The average Bonchev–Trinajstić information content (AvgIpc) is 2.33. The molecule has 1 aromatic rings. The molecule has 2 N–H and O–H groups in total. The molecule has 0 aliphatic heterocycles. The number of benzene rings is 1. The molecule has 4 nitrogen and oxygen atoms in total. The highest BCUT2D eigenvalue weighted by molar-refractivity contribution is 5.71. The molecule has 0 spiro atoms. The highest BCUT2D eigenvalue weighted by Crippen LogP contribution is 2.25. The van der Waals surface area contributed by atoms with E-state index in [4.69, 9.17) is 5.26 Å². The minimum absolute atomic E-state index is 0.0184. The predicted molar refractivity (Wildman–Crippen MR) is 74.8 cm³/mol. The highest BCUT2D eigenvalue weighted by Gasteiger charge is 2.24. The molecule has 4 heteroatoms. The maximum Gasteiger partial charge on any atom is 0.308 e. The Labute approximate surface area is 114 Å². The first-order valence-electron chi connectivity index (χ1n) is 6.28. The van der Waals surface area contributed by atoms with E-state index in [2.05, 4.69) is 5.32 Å². The summed E-state index contributed by atoms with van der Waals surface area (Å²) in [5.41, 5.74) is 1.41. The number of rotatable bonds is 5. The Kier molecular flexibility index (Phi) is 4.94. The Hall–Kier alpha value is -2.02. The number of nitrogens with one attached hydrogen (secondary N) is 1. The maximum atomic E-state index is 11.2. The third-order valence-corrected chi connectivity index (χ3v) is 2.77. The van der Waals surface area contributed by atoms with E-state index < -0.39 is 11.9 Å². The lowest BCUT2D eigenvalue weighted by molar-refractivity contribution is -0.142. The summed E-state index contributed by atoms with van der Waals surface area (Å²) in [6.07, 6.45) is 0.617. The number of nitriles is 1. The van der Waals surface area contributed by atoms with Crippen LogP contribution in [0.25, 0.3) is 0 Å². The Bertz CT molecular complexity index is 466. The quantitative estimate of drug-likeness (QED) is 0.853. The first kappa shape index (κ1) is 15.0. The fourth-order valence-corrected chi connectivity index (χ4v) is 1.89. The Morgan fingerprint density at radius 2 is 1.95 bits per heavy atom. The Morgan fingerprint density at radius 1 is 1.37 bits per heavy atom. The maximum absolute atomic E-state index is 11.2. The smallest absolute Gasteiger partial charge is 0.308 e. The molecule has 0 aromatic heterocycles. The second kappa shape index (κ2) is 6.24. The van der Waals surface area contributed by atoms with Gasteiger partial charge in [-0.1, -0.05) is 20.8 Å². The fourth-order valence-electron chi connectivity index (χ4n) is 1.89. The molecular weight excluding hydrogens is 240 g/mol. The number of carboxylic acids is 1. The molecule has 0 radical (unpaired) electrons. The molecule has 102 valence electrons. The topological polar surface area (TPSA) is 73.1 Å². The monoisotopic (exact) mass is 260 g/mol. The summed E-state index contributed by atoms with van der Waals surface area (Å²) in [4.78, 5) is 11.2. The zero-order valence-corrected chi connectivity index (χ0v) is 11.6. The lowest BCUT2D eigenvalue weighted by Gasteiger charge is -2.23. The lowest BCUT2D eigenvalue weighted by atomic mass is 9.84. The van der Waals surface area contributed by atoms with Gasteiger partial charge in [0.05, 0.1) is 17.6 Å². The van der Waals surface area contributed by atoms with Crippen molar-refractivity contribution >= 4 is 11.7 Å². The van der Waals surface area contributed by atoms with Crippen molar-refractivity contribution in [2.75, 3.05) is 11.9 Å². The molecular formula is C15H20N2O2. The third-order valence-electron chi connectivity index (χ3n) is 2.77. The van der Waals surface area contributed by atoms with E-state index in [0.29, 0.717) is 18.5 Å². The standard InChI is InChI=1S/C15H20N2O2/c1-15(2,3)8-12(14(18)19)10-17-13-6-4-11(9-16)5-7-13/h4-7,12,17H,8,10H2,1-3H3,(H,18,19). The molecule has 0 amide bonds. The van der Waals surface area contributed by atoms with Crippen LogP contribution in [-0.4, -0.2) is 17.6 Å². The summed E-state index contributed by atoms with van der Waals surface area (Å²) in [5.74, 6) is -1.20. The zero-order valence-electron chi connectivity index (χ0n) is 11.6. The molecule has 0 saturated carbocycles. The van der Waals surface area contributed by atoms with E-state index in [0.717, 1.165) is 5.69 Å². The second-order valence-electron chi connectivity index (χ2n) is 5.87. The molecule has 0 aliphatic carbocycles. The van der Waals surface area contributed by atoms with Crippen LogP contribution >= 0.6 is 0 Å². The zero-order chi connectivity index (χ0) is 14.5. The molecule has 1 unspecified atom stereocenters. The molecule has 1 rings (SSSR count). The van der Waals surface area contributed by atoms with E-state index in [9.17, 15) is 9.90 Å². The van der Waals surface area contributed by atoms with Crippen LogP contribution in [0.2, 0.25) is 0 Å². The van der Waals surface area contributed by atoms with Gasteiger partial charge in [-0.3, -0.25) is 4.79 Å². The molecule has 0 aliphatic rings. The number of nitrogens with zero attached hydrogens (tertiary/aromatic N) is 1. The predicted octanol–water partition coefficient (Wildman–Crippen LogP) is 3.11. The van der Waals surface area contributed by atoms with Crippen molar-refractivity contribution in [3.05, 3.63) is 29.8 Å².